The van der Waals surface area contributed by atoms with Gasteiger partial charge in [-0.3, -0.25) is 4.79 Å². The van der Waals surface area contributed by atoms with Gasteiger partial charge in [0.1, 0.15) is 28.6 Å². The molecule has 2 aliphatic carbocycles. The molecule has 5 nitrogen and oxygen atoms in total. The number of aromatic hydroxyl groups is 2. The maximum atomic E-state index is 11.9. The van der Waals surface area contributed by atoms with Crippen molar-refractivity contribution in [1.82, 2.24) is 0 Å². The summed E-state index contributed by atoms with van der Waals surface area (Å²) in [5.41, 5.74) is 1.77. The van der Waals surface area contributed by atoms with E-state index >= 15 is 0 Å². The van der Waals surface area contributed by atoms with Gasteiger partial charge in [0.2, 0.25) is 0 Å². The van der Waals surface area contributed by atoms with E-state index in [0.717, 1.165) is 42.1 Å². The van der Waals surface area contributed by atoms with Gasteiger partial charge in [-0.05, 0) is 88.0 Å². The van der Waals surface area contributed by atoms with Crippen molar-refractivity contribution in [2.24, 2.45) is 23.7 Å². The van der Waals surface area contributed by atoms with E-state index in [1.54, 1.807) is 24.3 Å². The number of phenolic OH excluding ortho intramolecular Hbond substituents is 2. The summed E-state index contributed by atoms with van der Waals surface area (Å²) in [6.45, 7) is 8.90. The fraction of sp³-hybridized carbons (Fsp3) is 0.594. The summed E-state index contributed by atoms with van der Waals surface area (Å²) in [6, 6.07) is 10.8. The SMILES string of the molecule is C.C.CC1CC[C@@H]2[C@@H](C1)c1c(O)cccc1OC2(C)C.CC1CC[C@H]2C(=O)Oc3cccc(O)c3[C@@H]2C1. The van der Waals surface area contributed by atoms with Crippen LogP contribution in [0.1, 0.15) is 104 Å². The Labute approximate surface area is 223 Å². The standard InChI is InChI=1S/C16H22O2.C14H16O3.2CH4/c1-10-7-8-12-11(9-10)15-13(17)5-4-6-14(15)18-16(12,2)3;1-8-5-6-9-10(7-8)13-11(15)3-2-4-12(13)17-14(9)16;;/h4-6,10-12,17H,7-9H2,1-3H3;2-4,8-10,15H,5-7H2,1H3;2*1H4/t10?,11-,12-;8?,9-,10-;;/m11../s1. The number of rotatable bonds is 0. The average Bonchev–Trinajstić information content (AvgIpc) is 2.78. The van der Waals surface area contributed by atoms with Gasteiger partial charge in [0, 0.05) is 23.0 Å². The molecular weight excluding hydrogens is 464 g/mol. The molecule has 0 amide bonds. The Kier molecular flexibility index (Phi) is 8.56. The van der Waals surface area contributed by atoms with Crippen LogP contribution in [0, 0.1) is 23.7 Å². The van der Waals surface area contributed by atoms with Crippen LogP contribution in [0.4, 0.5) is 0 Å². The number of ether oxygens (including phenoxy) is 2. The molecule has 2 saturated carbocycles. The third-order valence-electron chi connectivity index (χ3n) is 8.83. The molecule has 204 valence electrons. The van der Waals surface area contributed by atoms with Crippen molar-refractivity contribution in [3.8, 4) is 23.0 Å². The van der Waals surface area contributed by atoms with Crippen LogP contribution in [0.2, 0.25) is 0 Å². The molecule has 2 aliphatic heterocycles. The maximum absolute atomic E-state index is 11.9. The molecule has 2 fully saturated rings. The van der Waals surface area contributed by atoms with Gasteiger partial charge >= 0.3 is 5.97 Å². The molecule has 2 N–H and O–H groups in total. The van der Waals surface area contributed by atoms with E-state index in [4.69, 9.17) is 9.47 Å². The number of esters is 1. The van der Waals surface area contributed by atoms with Crippen LogP contribution >= 0.6 is 0 Å². The molecule has 0 bridgehead atoms. The number of carbonyl (C=O) groups is 1. The van der Waals surface area contributed by atoms with Crippen molar-refractivity contribution < 1.29 is 24.5 Å². The zero-order valence-corrected chi connectivity index (χ0v) is 21.3. The Bertz CT molecular complexity index is 1110. The Hall–Kier alpha value is -2.69. The molecule has 6 rings (SSSR count). The summed E-state index contributed by atoms with van der Waals surface area (Å²) in [5.74, 6) is 4.38. The second-order valence-corrected chi connectivity index (χ2v) is 11.8. The van der Waals surface area contributed by atoms with Crippen molar-refractivity contribution in [3.63, 3.8) is 0 Å². The van der Waals surface area contributed by atoms with E-state index < -0.39 is 0 Å². The fourth-order valence-electron chi connectivity index (χ4n) is 7.05. The maximum Gasteiger partial charge on any atom is 0.314 e. The van der Waals surface area contributed by atoms with Crippen molar-refractivity contribution in [1.29, 1.82) is 0 Å². The van der Waals surface area contributed by atoms with Gasteiger partial charge in [-0.15, -0.1) is 0 Å². The third kappa shape index (κ3) is 5.32. The molecule has 5 heteroatoms. The van der Waals surface area contributed by atoms with Crippen LogP contribution in [0.5, 0.6) is 23.0 Å². The Morgan fingerprint density at radius 3 is 1.95 bits per heavy atom. The van der Waals surface area contributed by atoms with Gasteiger partial charge < -0.3 is 19.7 Å². The zero-order valence-electron chi connectivity index (χ0n) is 21.3. The first-order valence-corrected chi connectivity index (χ1v) is 13.2. The molecule has 2 aromatic carbocycles. The van der Waals surface area contributed by atoms with E-state index in [-0.39, 0.29) is 44.0 Å². The quantitative estimate of drug-likeness (QED) is 0.276. The topological polar surface area (TPSA) is 76.0 Å². The number of benzene rings is 2. The molecule has 0 radical (unpaired) electrons. The van der Waals surface area contributed by atoms with Crippen LogP contribution in [0.15, 0.2) is 36.4 Å². The zero-order chi connectivity index (χ0) is 24.9. The van der Waals surface area contributed by atoms with Gasteiger partial charge in [-0.1, -0.05) is 47.3 Å². The normalized spacial score (nSPS) is 30.5. The second-order valence-electron chi connectivity index (χ2n) is 11.8. The predicted molar refractivity (Wildman–Crippen MR) is 149 cm³/mol. The molecule has 37 heavy (non-hydrogen) atoms. The molecule has 6 atom stereocenters. The number of fused-ring (bicyclic) bond motifs is 6. The summed E-state index contributed by atoms with van der Waals surface area (Å²) in [6.07, 6.45) is 6.55. The van der Waals surface area contributed by atoms with Crippen LogP contribution in [-0.4, -0.2) is 21.8 Å². The number of hydrogen-bond donors (Lipinski definition) is 2. The largest absolute Gasteiger partial charge is 0.508 e. The lowest BCUT2D eigenvalue weighted by Crippen LogP contribution is -2.46. The molecular formula is C32H46O5. The third-order valence-corrected chi connectivity index (χ3v) is 8.83. The first-order chi connectivity index (χ1) is 16.7. The monoisotopic (exact) mass is 510 g/mol. The highest BCUT2D eigenvalue weighted by Crippen LogP contribution is 2.55. The molecule has 2 aromatic rings. The second kappa shape index (κ2) is 11.0. The lowest BCUT2D eigenvalue weighted by Gasteiger charge is -2.48. The Balaban J connectivity index is 0.000000195. The van der Waals surface area contributed by atoms with E-state index in [9.17, 15) is 15.0 Å². The van der Waals surface area contributed by atoms with Crippen LogP contribution in [-0.2, 0) is 4.79 Å². The summed E-state index contributed by atoms with van der Waals surface area (Å²) in [4.78, 5) is 11.9. The minimum absolute atomic E-state index is 0. The molecule has 2 heterocycles. The van der Waals surface area contributed by atoms with Gasteiger partial charge in [0.25, 0.3) is 0 Å². The smallest absolute Gasteiger partial charge is 0.314 e. The molecule has 2 unspecified atom stereocenters. The van der Waals surface area contributed by atoms with Crippen LogP contribution < -0.4 is 9.47 Å². The molecule has 0 saturated heterocycles. The minimum atomic E-state index is -0.125. The van der Waals surface area contributed by atoms with E-state index in [1.807, 2.05) is 12.1 Å². The minimum Gasteiger partial charge on any atom is -0.508 e. The summed E-state index contributed by atoms with van der Waals surface area (Å²) in [7, 11) is 0. The van der Waals surface area contributed by atoms with Crippen molar-refractivity contribution in [2.75, 3.05) is 0 Å². The number of carbonyl (C=O) groups excluding carboxylic acids is 1. The highest BCUT2D eigenvalue weighted by molar-refractivity contribution is 5.80. The highest BCUT2D eigenvalue weighted by atomic mass is 16.5. The van der Waals surface area contributed by atoms with Gasteiger partial charge in [0.05, 0.1) is 5.92 Å². The van der Waals surface area contributed by atoms with Gasteiger partial charge in [0.15, 0.2) is 0 Å². The average molecular weight is 511 g/mol. The van der Waals surface area contributed by atoms with Gasteiger partial charge in [-0.25, -0.2) is 0 Å². The summed E-state index contributed by atoms with van der Waals surface area (Å²) >= 11 is 0. The Morgan fingerprint density at radius 1 is 0.757 bits per heavy atom. The van der Waals surface area contributed by atoms with E-state index in [0.29, 0.717) is 29.3 Å². The van der Waals surface area contributed by atoms with Crippen molar-refractivity contribution >= 4 is 5.97 Å². The summed E-state index contributed by atoms with van der Waals surface area (Å²) < 4.78 is 11.5. The predicted octanol–water partition coefficient (Wildman–Crippen LogP) is 8.19. The van der Waals surface area contributed by atoms with Crippen molar-refractivity contribution in [3.05, 3.63) is 47.5 Å². The highest BCUT2D eigenvalue weighted by Gasteiger charge is 2.47. The van der Waals surface area contributed by atoms with Gasteiger partial charge in [-0.2, -0.15) is 0 Å². The Morgan fingerprint density at radius 2 is 1.30 bits per heavy atom. The summed E-state index contributed by atoms with van der Waals surface area (Å²) in [5, 5.41) is 20.1. The first-order valence-electron chi connectivity index (χ1n) is 13.2. The molecule has 0 spiro atoms. The molecule has 4 aliphatic rings. The van der Waals surface area contributed by atoms with Crippen LogP contribution in [0.3, 0.4) is 0 Å². The van der Waals surface area contributed by atoms with Crippen molar-refractivity contribution in [2.45, 2.75) is 98.5 Å². The molecule has 0 aromatic heterocycles. The first kappa shape index (κ1) is 28.9. The lowest BCUT2D eigenvalue weighted by atomic mass is 9.64. The van der Waals surface area contributed by atoms with E-state index in [2.05, 4.69) is 27.7 Å². The van der Waals surface area contributed by atoms with Crippen LogP contribution in [0.25, 0.3) is 0 Å². The fourth-order valence-corrected chi connectivity index (χ4v) is 7.05. The number of phenols is 2. The van der Waals surface area contributed by atoms with E-state index in [1.165, 1.54) is 19.3 Å². The lowest BCUT2D eigenvalue weighted by molar-refractivity contribution is -0.142. The number of hydrogen-bond acceptors (Lipinski definition) is 5.